The average Bonchev–Trinajstić information content (AvgIpc) is 2.28. The van der Waals surface area contributed by atoms with Crippen LogP contribution in [0.2, 0.25) is 0 Å². The van der Waals surface area contributed by atoms with Gasteiger partial charge in [0.15, 0.2) is 0 Å². The number of anilines is 1. The highest BCUT2D eigenvalue weighted by Crippen LogP contribution is 2.13. The Morgan fingerprint density at radius 1 is 1.31 bits per heavy atom. The van der Waals surface area contributed by atoms with Crippen LogP contribution in [0.1, 0.15) is 5.69 Å². The largest absolute Gasteiger partial charge is 0.352 e. The van der Waals surface area contributed by atoms with Gasteiger partial charge in [-0.1, -0.05) is 0 Å². The Kier molecular flexibility index (Phi) is 2.52. The SMILES string of the molecule is N#Cc1ccc(N2CC(=O)NC(=O)C2)cn1. The van der Waals surface area contributed by atoms with Crippen LogP contribution >= 0.6 is 0 Å². The number of aromatic nitrogens is 1. The van der Waals surface area contributed by atoms with Crippen molar-refractivity contribution in [2.75, 3.05) is 18.0 Å². The van der Waals surface area contributed by atoms with Gasteiger partial charge in [0.25, 0.3) is 0 Å². The summed E-state index contributed by atoms with van der Waals surface area (Å²) in [5.74, 6) is -0.666. The maximum atomic E-state index is 11.1. The number of hydrogen-bond donors (Lipinski definition) is 1. The summed E-state index contributed by atoms with van der Waals surface area (Å²) in [6, 6.07) is 5.11. The van der Waals surface area contributed by atoms with E-state index >= 15 is 0 Å². The van der Waals surface area contributed by atoms with Crippen molar-refractivity contribution in [1.82, 2.24) is 10.3 Å². The van der Waals surface area contributed by atoms with Gasteiger partial charge in [-0.2, -0.15) is 5.26 Å². The van der Waals surface area contributed by atoms with Gasteiger partial charge in [-0.05, 0) is 12.1 Å². The molecule has 0 spiro atoms. The molecule has 0 unspecified atom stereocenters. The van der Waals surface area contributed by atoms with E-state index in [2.05, 4.69) is 10.3 Å². The second-order valence-corrected chi connectivity index (χ2v) is 3.34. The zero-order valence-corrected chi connectivity index (χ0v) is 8.30. The number of rotatable bonds is 1. The third kappa shape index (κ3) is 1.98. The molecule has 1 saturated heterocycles. The lowest BCUT2D eigenvalue weighted by molar-refractivity contribution is -0.130. The fourth-order valence-corrected chi connectivity index (χ4v) is 1.46. The van der Waals surface area contributed by atoms with Gasteiger partial charge in [0, 0.05) is 0 Å². The molecular weight excluding hydrogens is 208 g/mol. The second kappa shape index (κ2) is 3.98. The van der Waals surface area contributed by atoms with E-state index in [-0.39, 0.29) is 24.9 Å². The predicted octanol–water partition coefficient (Wildman–Crippen LogP) is -0.584. The number of carbonyl (C=O) groups excluding carboxylic acids is 2. The van der Waals surface area contributed by atoms with E-state index in [1.165, 1.54) is 6.20 Å². The number of carbonyl (C=O) groups is 2. The summed E-state index contributed by atoms with van der Waals surface area (Å²) in [5, 5.41) is 10.8. The Bertz CT molecular complexity index is 459. The van der Waals surface area contributed by atoms with Crippen LogP contribution in [0.25, 0.3) is 0 Å². The van der Waals surface area contributed by atoms with Crippen molar-refractivity contribution in [2.24, 2.45) is 0 Å². The molecule has 2 rings (SSSR count). The first-order valence-corrected chi connectivity index (χ1v) is 4.63. The van der Waals surface area contributed by atoms with E-state index < -0.39 is 0 Å². The smallest absolute Gasteiger partial charge is 0.246 e. The molecule has 16 heavy (non-hydrogen) atoms. The van der Waals surface area contributed by atoms with Gasteiger partial charge in [-0.25, -0.2) is 4.98 Å². The number of pyridine rings is 1. The number of nitrogens with zero attached hydrogens (tertiary/aromatic N) is 3. The quantitative estimate of drug-likeness (QED) is 0.634. The maximum absolute atomic E-state index is 11.1. The highest BCUT2D eigenvalue weighted by molar-refractivity contribution is 6.02. The molecule has 6 heteroatoms. The molecule has 0 atom stereocenters. The summed E-state index contributed by atoms with van der Waals surface area (Å²) < 4.78 is 0. The second-order valence-electron chi connectivity index (χ2n) is 3.34. The molecule has 1 fully saturated rings. The van der Waals surface area contributed by atoms with Crippen LogP contribution in [0.5, 0.6) is 0 Å². The minimum Gasteiger partial charge on any atom is -0.352 e. The Morgan fingerprint density at radius 3 is 2.50 bits per heavy atom. The fourth-order valence-electron chi connectivity index (χ4n) is 1.46. The molecule has 2 heterocycles. The van der Waals surface area contributed by atoms with Crippen LogP contribution in [0.15, 0.2) is 18.3 Å². The number of hydrogen-bond acceptors (Lipinski definition) is 5. The molecule has 0 bridgehead atoms. The van der Waals surface area contributed by atoms with Crippen LogP contribution < -0.4 is 10.2 Å². The number of piperazine rings is 1. The fraction of sp³-hybridized carbons (Fsp3) is 0.200. The minimum absolute atomic E-state index is 0.124. The van der Waals surface area contributed by atoms with E-state index in [1.54, 1.807) is 17.0 Å². The molecule has 1 aromatic rings. The minimum atomic E-state index is -0.333. The highest BCUT2D eigenvalue weighted by Gasteiger charge is 2.22. The summed E-state index contributed by atoms with van der Waals surface area (Å²) in [7, 11) is 0. The van der Waals surface area contributed by atoms with Crippen molar-refractivity contribution in [3.63, 3.8) is 0 Å². The normalized spacial score (nSPS) is 15.6. The Morgan fingerprint density at radius 2 is 2.00 bits per heavy atom. The van der Waals surface area contributed by atoms with E-state index in [4.69, 9.17) is 5.26 Å². The van der Waals surface area contributed by atoms with Gasteiger partial charge in [-0.3, -0.25) is 14.9 Å². The molecule has 2 amide bonds. The van der Waals surface area contributed by atoms with Crippen molar-refractivity contribution in [1.29, 1.82) is 5.26 Å². The summed E-state index contributed by atoms with van der Waals surface area (Å²) >= 11 is 0. The molecule has 0 aromatic carbocycles. The molecule has 80 valence electrons. The zero-order valence-electron chi connectivity index (χ0n) is 8.30. The van der Waals surface area contributed by atoms with Gasteiger partial charge in [0.05, 0.1) is 25.0 Å². The average molecular weight is 216 g/mol. The van der Waals surface area contributed by atoms with E-state index in [9.17, 15) is 9.59 Å². The lowest BCUT2D eigenvalue weighted by Crippen LogP contribution is -2.51. The van der Waals surface area contributed by atoms with Gasteiger partial charge < -0.3 is 4.90 Å². The molecule has 0 radical (unpaired) electrons. The Balaban J connectivity index is 2.20. The highest BCUT2D eigenvalue weighted by atomic mass is 16.2. The number of imide groups is 1. The molecular formula is C10H8N4O2. The van der Waals surface area contributed by atoms with E-state index in [0.717, 1.165) is 0 Å². The molecule has 1 aromatic heterocycles. The first kappa shape index (κ1) is 10.1. The van der Waals surface area contributed by atoms with Crippen molar-refractivity contribution < 1.29 is 9.59 Å². The molecule has 1 aliphatic heterocycles. The lowest BCUT2D eigenvalue weighted by Gasteiger charge is -2.26. The van der Waals surface area contributed by atoms with Gasteiger partial charge in [-0.15, -0.1) is 0 Å². The van der Waals surface area contributed by atoms with Crippen LogP contribution in [-0.2, 0) is 9.59 Å². The Labute approximate surface area is 91.5 Å². The third-order valence-electron chi connectivity index (χ3n) is 2.18. The first-order valence-electron chi connectivity index (χ1n) is 4.63. The van der Waals surface area contributed by atoms with Crippen molar-refractivity contribution in [3.8, 4) is 6.07 Å². The monoisotopic (exact) mass is 216 g/mol. The maximum Gasteiger partial charge on any atom is 0.246 e. The molecule has 0 aliphatic carbocycles. The molecule has 1 aliphatic rings. The van der Waals surface area contributed by atoms with E-state index in [0.29, 0.717) is 11.4 Å². The summed E-state index contributed by atoms with van der Waals surface area (Å²) in [6.45, 7) is 0.249. The van der Waals surface area contributed by atoms with Crippen molar-refractivity contribution >= 4 is 17.5 Å². The first-order chi connectivity index (χ1) is 7.69. The van der Waals surface area contributed by atoms with Gasteiger partial charge in [0.2, 0.25) is 11.8 Å². The van der Waals surface area contributed by atoms with Crippen LogP contribution in [0, 0.1) is 11.3 Å². The summed E-state index contributed by atoms with van der Waals surface area (Å²) in [4.78, 5) is 27.8. The standard InChI is InChI=1S/C10H8N4O2/c11-3-7-1-2-8(4-12-7)14-5-9(15)13-10(16)6-14/h1-2,4H,5-6H2,(H,13,15,16). The number of amides is 2. The Hall–Kier alpha value is -2.42. The molecule has 1 N–H and O–H groups in total. The van der Waals surface area contributed by atoms with Crippen LogP contribution in [0.3, 0.4) is 0 Å². The number of nitrogens with one attached hydrogen (secondary N) is 1. The van der Waals surface area contributed by atoms with Crippen molar-refractivity contribution in [3.05, 3.63) is 24.0 Å². The lowest BCUT2D eigenvalue weighted by atomic mass is 10.2. The third-order valence-corrected chi connectivity index (χ3v) is 2.18. The number of nitriles is 1. The molecule has 0 saturated carbocycles. The van der Waals surface area contributed by atoms with Gasteiger partial charge in [0.1, 0.15) is 11.8 Å². The predicted molar refractivity (Wildman–Crippen MR) is 54.3 cm³/mol. The summed E-state index contributed by atoms with van der Waals surface area (Å²) in [5.41, 5.74) is 0.957. The topological polar surface area (TPSA) is 86.1 Å². The zero-order chi connectivity index (χ0) is 11.5. The van der Waals surface area contributed by atoms with Crippen molar-refractivity contribution in [2.45, 2.75) is 0 Å². The molecule has 6 nitrogen and oxygen atoms in total. The van der Waals surface area contributed by atoms with Crippen LogP contribution in [-0.4, -0.2) is 29.9 Å². The van der Waals surface area contributed by atoms with E-state index in [1.807, 2.05) is 6.07 Å². The summed E-state index contributed by atoms with van der Waals surface area (Å²) in [6.07, 6.45) is 1.48. The van der Waals surface area contributed by atoms with Gasteiger partial charge >= 0.3 is 0 Å². The van der Waals surface area contributed by atoms with Crippen LogP contribution in [0.4, 0.5) is 5.69 Å².